The van der Waals surface area contributed by atoms with Crippen molar-refractivity contribution >= 4 is 17.9 Å². The van der Waals surface area contributed by atoms with Crippen molar-refractivity contribution in [3.8, 4) is 17.2 Å². The maximum absolute atomic E-state index is 10.4. The molecule has 1 rings (SSSR count). The Morgan fingerprint density at radius 3 is 1.10 bits per heavy atom. The Balaban J connectivity index is 2.86. The van der Waals surface area contributed by atoms with E-state index in [1.807, 2.05) is 0 Å². The molecule has 114 valence electrons. The summed E-state index contributed by atoms with van der Waals surface area (Å²) in [6, 6.07) is 3.79. The van der Waals surface area contributed by atoms with E-state index in [9.17, 15) is 14.4 Å². The lowest BCUT2D eigenvalue weighted by Crippen LogP contribution is -2.12. The second-order valence-corrected chi connectivity index (χ2v) is 3.69. The van der Waals surface area contributed by atoms with Crippen molar-refractivity contribution in [1.82, 2.24) is 0 Å². The first kappa shape index (κ1) is 16.1. The summed E-state index contributed by atoms with van der Waals surface area (Å²) in [6.07, 6.45) is 0. The molecule has 0 saturated heterocycles. The van der Waals surface area contributed by atoms with Crippen LogP contribution < -0.4 is 14.2 Å². The normalized spacial score (nSPS) is 9.71. The fourth-order valence-electron chi connectivity index (χ4n) is 1.23. The van der Waals surface area contributed by atoms with E-state index in [-0.39, 0.29) is 17.2 Å². The molecule has 9 heteroatoms. The molecule has 0 bridgehead atoms. The minimum Gasteiger partial charge on any atom is -0.482 e. The summed E-state index contributed by atoms with van der Waals surface area (Å²) in [6.45, 7) is -1.87. The van der Waals surface area contributed by atoms with Crippen LogP contribution in [0.4, 0.5) is 0 Å². The van der Waals surface area contributed by atoms with Crippen LogP contribution in [0.5, 0.6) is 17.2 Å². The zero-order chi connectivity index (χ0) is 15.8. The molecule has 0 spiro atoms. The van der Waals surface area contributed by atoms with Gasteiger partial charge in [0.1, 0.15) is 17.2 Å². The van der Waals surface area contributed by atoms with Crippen LogP contribution in [0, 0.1) is 0 Å². The van der Waals surface area contributed by atoms with Gasteiger partial charge in [0.05, 0.1) is 0 Å². The maximum atomic E-state index is 10.4. The Kier molecular flexibility index (Phi) is 5.80. The highest BCUT2D eigenvalue weighted by Gasteiger charge is 2.09. The summed E-state index contributed by atoms with van der Waals surface area (Å²) >= 11 is 0. The first-order valence-corrected chi connectivity index (χ1v) is 5.55. The highest BCUT2D eigenvalue weighted by molar-refractivity contribution is 5.69. The molecule has 0 aliphatic rings. The van der Waals surface area contributed by atoms with E-state index in [1.165, 1.54) is 18.2 Å². The van der Waals surface area contributed by atoms with Crippen molar-refractivity contribution in [1.29, 1.82) is 0 Å². The number of carbonyl (C=O) groups is 3. The first-order chi connectivity index (χ1) is 9.86. The molecule has 0 fully saturated rings. The number of rotatable bonds is 9. The third-order valence-corrected chi connectivity index (χ3v) is 1.94. The van der Waals surface area contributed by atoms with E-state index in [0.717, 1.165) is 0 Å². The predicted octanol–water partition coefficient (Wildman–Crippen LogP) is 0.0768. The molecule has 0 amide bonds. The lowest BCUT2D eigenvalue weighted by Gasteiger charge is -2.11. The molecular formula is C12H12O9. The van der Waals surface area contributed by atoms with Gasteiger partial charge in [0, 0.05) is 18.2 Å². The SMILES string of the molecule is O=C(O)COc1cc(OCC(=O)O)cc(OCC(=O)O)c1. The monoisotopic (exact) mass is 300 g/mol. The summed E-state index contributed by atoms with van der Waals surface area (Å²) in [7, 11) is 0. The quantitative estimate of drug-likeness (QED) is 0.578. The molecule has 0 aliphatic carbocycles. The Labute approximate surface area is 118 Å². The zero-order valence-corrected chi connectivity index (χ0v) is 10.6. The number of hydrogen-bond donors (Lipinski definition) is 3. The number of carboxylic acid groups (broad SMARTS) is 3. The van der Waals surface area contributed by atoms with Gasteiger partial charge in [-0.05, 0) is 0 Å². The molecule has 21 heavy (non-hydrogen) atoms. The number of hydrogen-bond acceptors (Lipinski definition) is 6. The summed E-state index contributed by atoms with van der Waals surface area (Å²) in [5.74, 6) is -3.50. The highest BCUT2D eigenvalue weighted by Crippen LogP contribution is 2.28. The van der Waals surface area contributed by atoms with Gasteiger partial charge in [0.2, 0.25) is 0 Å². The van der Waals surface area contributed by atoms with E-state index < -0.39 is 37.7 Å². The van der Waals surface area contributed by atoms with Crippen molar-refractivity contribution in [2.24, 2.45) is 0 Å². The van der Waals surface area contributed by atoms with Crippen LogP contribution in [0.15, 0.2) is 18.2 Å². The predicted molar refractivity (Wildman–Crippen MR) is 65.8 cm³/mol. The van der Waals surface area contributed by atoms with E-state index >= 15 is 0 Å². The number of benzene rings is 1. The van der Waals surface area contributed by atoms with Crippen molar-refractivity contribution in [2.45, 2.75) is 0 Å². The smallest absolute Gasteiger partial charge is 0.341 e. The van der Waals surface area contributed by atoms with Crippen molar-refractivity contribution in [2.75, 3.05) is 19.8 Å². The Bertz CT molecular complexity index is 449. The Morgan fingerprint density at radius 2 is 0.905 bits per heavy atom. The Hall–Kier alpha value is -2.97. The van der Waals surface area contributed by atoms with Crippen molar-refractivity contribution < 1.29 is 43.9 Å². The van der Waals surface area contributed by atoms with Gasteiger partial charge in [0.25, 0.3) is 0 Å². The molecule has 3 N–H and O–H groups in total. The van der Waals surface area contributed by atoms with Crippen LogP contribution >= 0.6 is 0 Å². The molecule has 0 heterocycles. The van der Waals surface area contributed by atoms with Crippen LogP contribution in [-0.4, -0.2) is 53.0 Å². The third-order valence-electron chi connectivity index (χ3n) is 1.94. The lowest BCUT2D eigenvalue weighted by atomic mass is 10.3. The molecule has 0 atom stereocenters. The molecule has 0 aromatic heterocycles. The number of carboxylic acids is 3. The second kappa shape index (κ2) is 7.58. The van der Waals surface area contributed by atoms with Gasteiger partial charge >= 0.3 is 17.9 Å². The molecule has 9 nitrogen and oxygen atoms in total. The average molecular weight is 300 g/mol. The van der Waals surface area contributed by atoms with Crippen molar-refractivity contribution in [3.05, 3.63) is 18.2 Å². The van der Waals surface area contributed by atoms with Crippen LogP contribution in [0.25, 0.3) is 0 Å². The van der Waals surface area contributed by atoms with Crippen LogP contribution in [-0.2, 0) is 14.4 Å². The largest absolute Gasteiger partial charge is 0.482 e. The topological polar surface area (TPSA) is 140 Å². The molecule has 1 aromatic rings. The van der Waals surface area contributed by atoms with E-state index in [4.69, 9.17) is 29.5 Å². The second-order valence-electron chi connectivity index (χ2n) is 3.69. The van der Waals surface area contributed by atoms with Gasteiger partial charge in [-0.2, -0.15) is 0 Å². The summed E-state index contributed by atoms with van der Waals surface area (Å²) in [4.78, 5) is 31.3. The minimum atomic E-state index is -1.21. The van der Waals surface area contributed by atoms with Gasteiger partial charge in [0.15, 0.2) is 19.8 Å². The van der Waals surface area contributed by atoms with Gasteiger partial charge in [-0.25, -0.2) is 14.4 Å². The van der Waals surface area contributed by atoms with Gasteiger partial charge in [-0.15, -0.1) is 0 Å². The van der Waals surface area contributed by atoms with E-state index in [0.29, 0.717) is 0 Å². The third kappa shape index (κ3) is 6.66. The van der Waals surface area contributed by atoms with E-state index in [1.54, 1.807) is 0 Å². The Morgan fingerprint density at radius 1 is 0.667 bits per heavy atom. The standard InChI is InChI=1S/C12H12O9/c13-10(14)4-19-7-1-8(20-5-11(15)16)3-9(2-7)21-6-12(17)18/h1-3H,4-6H2,(H,13,14)(H,15,16)(H,17,18). The summed E-state index contributed by atoms with van der Waals surface area (Å²) in [5, 5.41) is 25.6. The molecule has 0 unspecified atom stereocenters. The first-order valence-electron chi connectivity index (χ1n) is 5.55. The zero-order valence-electron chi connectivity index (χ0n) is 10.6. The van der Waals surface area contributed by atoms with Crippen LogP contribution in [0.1, 0.15) is 0 Å². The lowest BCUT2D eigenvalue weighted by molar-refractivity contribution is -0.140. The molecule has 0 saturated carbocycles. The van der Waals surface area contributed by atoms with Gasteiger partial charge in [-0.3, -0.25) is 0 Å². The molecule has 1 aromatic carbocycles. The molecule has 0 aliphatic heterocycles. The molecular weight excluding hydrogens is 288 g/mol. The van der Waals surface area contributed by atoms with E-state index in [2.05, 4.69) is 0 Å². The van der Waals surface area contributed by atoms with Crippen LogP contribution in [0.2, 0.25) is 0 Å². The molecule has 0 radical (unpaired) electrons. The summed E-state index contributed by atoms with van der Waals surface area (Å²) in [5.41, 5.74) is 0. The average Bonchev–Trinajstić information content (AvgIpc) is 2.40. The van der Waals surface area contributed by atoms with Crippen molar-refractivity contribution in [3.63, 3.8) is 0 Å². The van der Waals surface area contributed by atoms with Gasteiger partial charge in [-0.1, -0.05) is 0 Å². The fourth-order valence-corrected chi connectivity index (χ4v) is 1.23. The number of aliphatic carboxylic acids is 3. The maximum Gasteiger partial charge on any atom is 0.341 e. The fraction of sp³-hybridized carbons (Fsp3) is 0.250. The highest BCUT2D eigenvalue weighted by atomic mass is 16.5. The van der Waals surface area contributed by atoms with Crippen LogP contribution in [0.3, 0.4) is 0 Å². The minimum absolute atomic E-state index is 0.0423. The van der Waals surface area contributed by atoms with Gasteiger partial charge < -0.3 is 29.5 Å². The number of ether oxygens (including phenoxy) is 3. The summed E-state index contributed by atoms with van der Waals surface area (Å²) < 4.78 is 14.7.